The van der Waals surface area contributed by atoms with E-state index in [4.69, 9.17) is 0 Å². The molecule has 0 unspecified atom stereocenters. The molecule has 0 saturated carbocycles. The monoisotopic (exact) mass is 221 g/mol. The largest absolute Gasteiger partial charge is 0.344 e. The summed E-state index contributed by atoms with van der Waals surface area (Å²) in [5.41, 5.74) is 2.01. The first-order chi connectivity index (χ1) is 7.68. The molecule has 1 fully saturated rings. The Morgan fingerprint density at radius 2 is 2.06 bits per heavy atom. The van der Waals surface area contributed by atoms with E-state index in [1.165, 1.54) is 5.69 Å². The van der Waals surface area contributed by atoms with Crippen molar-refractivity contribution in [3.8, 4) is 0 Å². The summed E-state index contributed by atoms with van der Waals surface area (Å²) in [6.07, 6.45) is 0. The van der Waals surface area contributed by atoms with Crippen molar-refractivity contribution < 1.29 is 4.79 Å². The Hall–Kier alpha value is -1.13. The third-order valence-electron chi connectivity index (χ3n) is 3.18. The van der Waals surface area contributed by atoms with E-state index >= 15 is 0 Å². The minimum absolute atomic E-state index is 0.133. The molecule has 1 aliphatic rings. The summed E-state index contributed by atoms with van der Waals surface area (Å²) in [6.45, 7) is 6.84. The highest BCUT2D eigenvalue weighted by Gasteiger charge is 2.13. The lowest BCUT2D eigenvalue weighted by Crippen LogP contribution is -2.43. The number of nitrogens with one attached hydrogen (secondary N) is 1. The molecule has 0 amide bonds. The Balaban J connectivity index is 2.06. The second-order valence-electron chi connectivity index (χ2n) is 4.35. The Morgan fingerprint density at radius 3 is 2.62 bits per heavy atom. The summed E-state index contributed by atoms with van der Waals surface area (Å²) in [5, 5.41) is 3.34. The molecule has 1 aromatic rings. The van der Waals surface area contributed by atoms with Gasteiger partial charge in [0.2, 0.25) is 0 Å². The number of nitrogens with zero attached hydrogens (tertiary/aromatic N) is 2. The molecule has 0 bridgehead atoms. The Bertz CT molecular complexity index is 378. The molecule has 0 atom stereocenters. The summed E-state index contributed by atoms with van der Waals surface area (Å²) in [5.74, 6) is 0.133. The van der Waals surface area contributed by atoms with Gasteiger partial charge in [0.1, 0.15) is 0 Å². The second-order valence-corrected chi connectivity index (χ2v) is 4.35. The zero-order chi connectivity index (χ0) is 11.5. The van der Waals surface area contributed by atoms with Gasteiger partial charge in [-0.05, 0) is 12.1 Å². The van der Waals surface area contributed by atoms with Crippen LogP contribution in [0.25, 0.3) is 0 Å². The van der Waals surface area contributed by atoms with Gasteiger partial charge >= 0.3 is 0 Å². The van der Waals surface area contributed by atoms with Gasteiger partial charge in [0, 0.05) is 52.4 Å². The van der Waals surface area contributed by atoms with Gasteiger partial charge in [-0.3, -0.25) is 9.69 Å². The van der Waals surface area contributed by atoms with Crippen molar-refractivity contribution in [2.75, 3.05) is 26.2 Å². The zero-order valence-electron chi connectivity index (χ0n) is 9.99. The molecule has 1 aromatic heterocycles. The maximum absolute atomic E-state index is 11.3. The highest BCUT2D eigenvalue weighted by atomic mass is 16.1. The summed E-state index contributed by atoms with van der Waals surface area (Å²) in [6, 6.07) is 3.97. The summed E-state index contributed by atoms with van der Waals surface area (Å²) in [7, 11) is 1.97. The SMILES string of the molecule is CC(=O)c1ccc(CN2CCNCC2)n1C. The number of carbonyl (C=O) groups is 1. The van der Waals surface area contributed by atoms with E-state index in [-0.39, 0.29) is 5.78 Å². The molecule has 4 heteroatoms. The van der Waals surface area contributed by atoms with Crippen LogP contribution in [0.5, 0.6) is 0 Å². The lowest BCUT2D eigenvalue weighted by Gasteiger charge is -2.27. The van der Waals surface area contributed by atoms with E-state index in [2.05, 4.69) is 16.3 Å². The fourth-order valence-electron chi connectivity index (χ4n) is 2.16. The van der Waals surface area contributed by atoms with Crippen molar-refractivity contribution >= 4 is 5.78 Å². The minimum atomic E-state index is 0.133. The third-order valence-corrected chi connectivity index (χ3v) is 3.18. The molecule has 0 spiro atoms. The predicted molar refractivity (Wildman–Crippen MR) is 63.6 cm³/mol. The number of ketones is 1. The quantitative estimate of drug-likeness (QED) is 0.761. The predicted octanol–water partition coefficient (Wildman–Crippen LogP) is 0.633. The van der Waals surface area contributed by atoms with Gasteiger partial charge in [0.25, 0.3) is 0 Å². The van der Waals surface area contributed by atoms with Crippen LogP contribution in [0.15, 0.2) is 12.1 Å². The average Bonchev–Trinajstić information content (AvgIpc) is 2.62. The van der Waals surface area contributed by atoms with E-state index in [0.29, 0.717) is 0 Å². The highest BCUT2D eigenvalue weighted by Crippen LogP contribution is 2.11. The standard InChI is InChI=1S/C12H19N3O/c1-10(16)12-4-3-11(14(12)2)9-15-7-5-13-6-8-15/h3-4,13H,5-9H2,1-2H3. The second kappa shape index (κ2) is 4.80. The average molecular weight is 221 g/mol. The van der Waals surface area contributed by atoms with E-state index in [1.54, 1.807) is 6.92 Å². The first-order valence-corrected chi connectivity index (χ1v) is 5.77. The minimum Gasteiger partial charge on any atom is -0.344 e. The number of aromatic nitrogens is 1. The van der Waals surface area contributed by atoms with Crippen LogP contribution in [0.3, 0.4) is 0 Å². The van der Waals surface area contributed by atoms with Gasteiger partial charge in [-0.15, -0.1) is 0 Å². The Morgan fingerprint density at radius 1 is 1.38 bits per heavy atom. The van der Waals surface area contributed by atoms with Crippen LogP contribution in [-0.4, -0.2) is 41.4 Å². The molecule has 1 N–H and O–H groups in total. The van der Waals surface area contributed by atoms with E-state index in [0.717, 1.165) is 38.4 Å². The lowest BCUT2D eigenvalue weighted by molar-refractivity contribution is 0.100. The van der Waals surface area contributed by atoms with Crippen molar-refractivity contribution in [1.29, 1.82) is 0 Å². The number of hydrogen-bond donors (Lipinski definition) is 1. The number of rotatable bonds is 3. The molecule has 0 radical (unpaired) electrons. The van der Waals surface area contributed by atoms with Gasteiger partial charge in [0.05, 0.1) is 5.69 Å². The number of Topliss-reactive ketones (excluding diaryl/α,β-unsaturated/α-hetero) is 1. The van der Waals surface area contributed by atoms with Crippen LogP contribution in [0.1, 0.15) is 23.1 Å². The Labute approximate surface area is 96.2 Å². The van der Waals surface area contributed by atoms with Crippen LogP contribution in [0.4, 0.5) is 0 Å². The summed E-state index contributed by atoms with van der Waals surface area (Å²) >= 11 is 0. The maximum atomic E-state index is 11.3. The first kappa shape index (κ1) is 11.4. The van der Waals surface area contributed by atoms with Crippen LogP contribution >= 0.6 is 0 Å². The van der Waals surface area contributed by atoms with Gasteiger partial charge in [-0.2, -0.15) is 0 Å². The molecule has 0 aromatic carbocycles. The summed E-state index contributed by atoms with van der Waals surface area (Å²) in [4.78, 5) is 13.7. The molecular formula is C12H19N3O. The van der Waals surface area contributed by atoms with Gasteiger partial charge in [0.15, 0.2) is 5.78 Å². The maximum Gasteiger partial charge on any atom is 0.176 e. The van der Waals surface area contributed by atoms with Crippen LogP contribution < -0.4 is 5.32 Å². The fourth-order valence-corrected chi connectivity index (χ4v) is 2.16. The molecule has 1 saturated heterocycles. The first-order valence-electron chi connectivity index (χ1n) is 5.77. The van der Waals surface area contributed by atoms with Crippen molar-refractivity contribution in [1.82, 2.24) is 14.8 Å². The van der Waals surface area contributed by atoms with Crippen LogP contribution in [-0.2, 0) is 13.6 Å². The fraction of sp³-hybridized carbons (Fsp3) is 0.583. The van der Waals surface area contributed by atoms with Crippen molar-refractivity contribution in [3.05, 3.63) is 23.5 Å². The zero-order valence-corrected chi connectivity index (χ0v) is 9.99. The number of hydrogen-bond acceptors (Lipinski definition) is 3. The number of carbonyl (C=O) groups excluding carboxylic acids is 1. The number of piperazine rings is 1. The van der Waals surface area contributed by atoms with Gasteiger partial charge in [-0.1, -0.05) is 0 Å². The highest BCUT2D eigenvalue weighted by molar-refractivity contribution is 5.92. The lowest BCUT2D eigenvalue weighted by atomic mass is 10.3. The van der Waals surface area contributed by atoms with Gasteiger partial charge in [-0.25, -0.2) is 0 Å². The van der Waals surface area contributed by atoms with Crippen LogP contribution in [0.2, 0.25) is 0 Å². The normalized spacial score (nSPS) is 17.6. The molecular weight excluding hydrogens is 202 g/mol. The van der Waals surface area contributed by atoms with E-state index < -0.39 is 0 Å². The molecule has 1 aliphatic heterocycles. The van der Waals surface area contributed by atoms with Gasteiger partial charge < -0.3 is 9.88 Å². The van der Waals surface area contributed by atoms with Crippen molar-refractivity contribution in [2.24, 2.45) is 7.05 Å². The molecule has 16 heavy (non-hydrogen) atoms. The van der Waals surface area contributed by atoms with Crippen LogP contribution in [0, 0.1) is 0 Å². The molecule has 2 rings (SSSR count). The van der Waals surface area contributed by atoms with Crippen molar-refractivity contribution in [2.45, 2.75) is 13.5 Å². The topological polar surface area (TPSA) is 37.3 Å². The molecule has 2 heterocycles. The smallest absolute Gasteiger partial charge is 0.176 e. The Kier molecular flexibility index (Phi) is 3.41. The molecule has 88 valence electrons. The third kappa shape index (κ3) is 2.33. The van der Waals surface area contributed by atoms with Crippen molar-refractivity contribution in [3.63, 3.8) is 0 Å². The van der Waals surface area contributed by atoms with E-state index in [9.17, 15) is 4.79 Å². The molecule has 4 nitrogen and oxygen atoms in total. The van der Waals surface area contributed by atoms with E-state index in [1.807, 2.05) is 17.7 Å². The molecule has 0 aliphatic carbocycles. The summed E-state index contributed by atoms with van der Waals surface area (Å²) < 4.78 is 2.00.